The molecule has 1 aromatic carbocycles. The van der Waals surface area contributed by atoms with Crippen molar-refractivity contribution in [2.75, 3.05) is 7.11 Å². The van der Waals surface area contributed by atoms with E-state index < -0.39 is 0 Å². The number of rotatable bonds is 3. The Morgan fingerprint density at radius 1 is 1.41 bits per heavy atom. The van der Waals surface area contributed by atoms with Gasteiger partial charge in [0, 0.05) is 24.2 Å². The average molecular weight is 318 g/mol. The minimum absolute atomic E-state index is 0.168. The van der Waals surface area contributed by atoms with E-state index >= 15 is 0 Å². The van der Waals surface area contributed by atoms with Crippen molar-refractivity contribution in [1.82, 2.24) is 14.8 Å². The van der Waals surface area contributed by atoms with E-state index in [1.807, 2.05) is 0 Å². The number of pyridine rings is 1. The molecule has 3 rings (SSSR count). The summed E-state index contributed by atoms with van der Waals surface area (Å²) in [5.74, 6) is 0.378. The topological polar surface area (TPSA) is 77.0 Å². The van der Waals surface area contributed by atoms with Gasteiger partial charge >= 0.3 is 0 Å². The Hall–Kier alpha value is -2.60. The van der Waals surface area contributed by atoms with Crippen molar-refractivity contribution in [1.29, 1.82) is 0 Å². The average Bonchev–Trinajstić information content (AvgIpc) is 2.99. The molecule has 3 aromatic rings. The van der Waals surface area contributed by atoms with Crippen LogP contribution in [0, 0.1) is 0 Å². The maximum Gasteiger partial charge on any atom is 0.276 e. The third-order valence-electron chi connectivity index (χ3n) is 3.53. The zero-order chi connectivity index (χ0) is 15.9. The Morgan fingerprint density at radius 2 is 2.18 bits per heavy atom. The number of ether oxygens (including phenoxy) is 1. The van der Waals surface area contributed by atoms with Crippen LogP contribution in [0.25, 0.3) is 22.0 Å². The molecule has 0 fully saturated rings. The zero-order valence-electron chi connectivity index (χ0n) is 11.9. The van der Waals surface area contributed by atoms with Gasteiger partial charge in [-0.3, -0.25) is 14.7 Å². The Bertz CT molecular complexity index is 943. The molecule has 0 unspecified atom stereocenters. The summed E-state index contributed by atoms with van der Waals surface area (Å²) in [5.41, 5.74) is 2.03. The molecule has 0 atom stereocenters. The monoisotopic (exact) mass is 317 g/mol. The first-order chi connectivity index (χ1) is 10.6. The van der Waals surface area contributed by atoms with E-state index in [2.05, 4.69) is 10.2 Å². The van der Waals surface area contributed by atoms with Crippen LogP contribution in [-0.2, 0) is 7.05 Å². The van der Waals surface area contributed by atoms with Gasteiger partial charge in [0.15, 0.2) is 6.29 Å². The fourth-order valence-corrected chi connectivity index (χ4v) is 2.67. The molecule has 0 aliphatic carbocycles. The number of fused-ring (bicyclic) bond motifs is 1. The number of hydrogen-bond donors (Lipinski definition) is 1. The van der Waals surface area contributed by atoms with Gasteiger partial charge < -0.3 is 9.30 Å². The van der Waals surface area contributed by atoms with E-state index in [9.17, 15) is 9.59 Å². The number of aromatic amines is 1. The van der Waals surface area contributed by atoms with Crippen LogP contribution in [0.2, 0.25) is 5.02 Å². The third kappa shape index (κ3) is 2.08. The lowest BCUT2D eigenvalue weighted by atomic mass is 10.0. The highest BCUT2D eigenvalue weighted by molar-refractivity contribution is 6.33. The Kier molecular flexibility index (Phi) is 3.46. The van der Waals surface area contributed by atoms with Crippen LogP contribution in [-0.4, -0.2) is 28.2 Å². The van der Waals surface area contributed by atoms with Crippen molar-refractivity contribution in [2.45, 2.75) is 0 Å². The highest BCUT2D eigenvalue weighted by atomic mass is 35.5. The van der Waals surface area contributed by atoms with Crippen molar-refractivity contribution >= 4 is 28.8 Å². The molecule has 0 aliphatic rings. The number of H-pyrrole nitrogens is 1. The van der Waals surface area contributed by atoms with E-state index in [-0.39, 0.29) is 10.6 Å². The highest BCUT2D eigenvalue weighted by Gasteiger charge is 2.15. The molecule has 0 bridgehead atoms. The van der Waals surface area contributed by atoms with Crippen LogP contribution < -0.4 is 10.3 Å². The van der Waals surface area contributed by atoms with Gasteiger partial charge in [0.2, 0.25) is 0 Å². The number of methoxy groups -OCH3 is 1. The highest BCUT2D eigenvalue weighted by Crippen LogP contribution is 2.34. The normalized spacial score (nSPS) is 10.9. The van der Waals surface area contributed by atoms with Gasteiger partial charge in [-0.15, -0.1) is 0 Å². The number of nitrogens with one attached hydrogen (secondary N) is 1. The van der Waals surface area contributed by atoms with Crippen LogP contribution >= 0.6 is 11.6 Å². The van der Waals surface area contributed by atoms with Crippen LogP contribution in [0.1, 0.15) is 10.4 Å². The molecule has 2 aromatic heterocycles. The predicted molar refractivity (Wildman–Crippen MR) is 83.7 cm³/mol. The van der Waals surface area contributed by atoms with E-state index in [1.54, 1.807) is 31.6 Å². The summed E-state index contributed by atoms with van der Waals surface area (Å²) in [4.78, 5) is 23.2. The van der Waals surface area contributed by atoms with E-state index in [4.69, 9.17) is 16.3 Å². The summed E-state index contributed by atoms with van der Waals surface area (Å²) in [7, 11) is 3.13. The molecule has 0 amide bonds. The predicted octanol–water partition coefficient (Wildman–Crippen LogP) is 2.40. The third-order valence-corrected chi connectivity index (χ3v) is 3.84. The summed E-state index contributed by atoms with van der Waals surface area (Å²) in [6, 6.07) is 3.38. The summed E-state index contributed by atoms with van der Waals surface area (Å²) in [6.07, 6.45) is 3.94. The molecule has 2 heterocycles. The van der Waals surface area contributed by atoms with Crippen LogP contribution in [0.5, 0.6) is 5.75 Å². The first kappa shape index (κ1) is 14.3. The van der Waals surface area contributed by atoms with Crippen molar-refractivity contribution in [3.8, 4) is 16.9 Å². The molecule has 1 N–H and O–H groups in total. The second-order valence-corrected chi connectivity index (χ2v) is 5.22. The SMILES string of the molecule is COc1cc(-c2cn(C)c(=O)c3[nH]ncc23)cc(Cl)c1C=O. The van der Waals surface area contributed by atoms with Gasteiger partial charge in [-0.1, -0.05) is 11.6 Å². The van der Waals surface area contributed by atoms with Gasteiger partial charge in [0.25, 0.3) is 5.56 Å². The lowest BCUT2D eigenvalue weighted by Crippen LogP contribution is -2.16. The molecule has 22 heavy (non-hydrogen) atoms. The second-order valence-electron chi connectivity index (χ2n) is 4.81. The molecule has 112 valence electrons. The van der Waals surface area contributed by atoms with Crippen molar-refractivity contribution in [3.05, 3.63) is 45.5 Å². The van der Waals surface area contributed by atoms with Gasteiger partial charge in [-0.05, 0) is 17.7 Å². The molecular formula is C15H12ClN3O3. The maximum absolute atomic E-state index is 12.1. The smallest absolute Gasteiger partial charge is 0.276 e. The molecule has 0 aliphatic heterocycles. The maximum atomic E-state index is 12.1. The van der Waals surface area contributed by atoms with E-state index in [0.29, 0.717) is 28.5 Å². The standard InChI is InChI=1S/C15H12ClN3O3/c1-19-6-10(9-5-17-18-14(9)15(19)21)8-3-12(16)11(7-20)13(4-8)22-2/h3-7H,1-2H3,(H,17,18). The van der Waals surface area contributed by atoms with Gasteiger partial charge in [0.1, 0.15) is 11.3 Å². The summed E-state index contributed by atoms with van der Waals surface area (Å²) in [6.45, 7) is 0. The van der Waals surface area contributed by atoms with Crippen LogP contribution in [0.15, 0.2) is 29.3 Å². The van der Waals surface area contributed by atoms with E-state index in [1.165, 1.54) is 11.7 Å². The number of aromatic nitrogens is 3. The Morgan fingerprint density at radius 3 is 2.86 bits per heavy atom. The molecule has 0 saturated carbocycles. The van der Waals surface area contributed by atoms with Gasteiger partial charge in [-0.2, -0.15) is 5.10 Å². The number of aldehydes is 1. The number of halogens is 1. The molecule has 6 nitrogen and oxygen atoms in total. The number of aryl methyl sites for hydroxylation is 1. The molecule has 0 radical (unpaired) electrons. The number of nitrogens with zero attached hydrogens (tertiary/aromatic N) is 2. The van der Waals surface area contributed by atoms with Gasteiger partial charge in [0.05, 0.1) is 23.9 Å². The fraction of sp³-hybridized carbons (Fsp3) is 0.133. The molecule has 0 spiro atoms. The van der Waals surface area contributed by atoms with Crippen molar-refractivity contribution < 1.29 is 9.53 Å². The van der Waals surface area contributed by atoms with Crippen molar-refractivity contribution in [3.63, 3.8) is 0 Å². The van der Waals surface area contributed by atoms with Crippen LogP contribution in [0.3, 0.4) is 0 Å². The number of benzene rings is 1. The molecule has 0 saturated heterocycles. The largest absolute Gasteiger partial charge is 0.496 e. The van der Waals surface area contributed by atoms with E-state index in [0.717, 1.165) is 11.1 Å². The minimum atomic E-state index is -0.168. The van der Waals surface area contributed by atoms with Crippen LogP contribution in [0.4, 0.5) is 0 Å². The van der Waals surface area contributed by atoms with Crippen molar-refractivity contribution in [2.24, 2.45) is 7.05 Å². The number of carbonyl (C=O) groups excluding carboxylic acids is 1. The zero-order valence-corrected chi connectivity index (χ0v) is 12.6. The number of carbonyl (C=O) groups is 1. The fourth-order valence-electron chi connectivity index (χ4n) is 2.41. The minimum Gasteiger partial charge on any atom is -0.496 e. The quantitative estimate of drug-likeness (QED) is 0.752. The Balaban J connectivity index is 2.35. The molecule has 7 heteroatoms. The first-order valence-electron chi connectivity index (χ1n) is 6.42. The van der Waals surface area contributed by atoms with Gasteiger partial charge in [-0.25, -0.2) is 0 Å². The second kappa shape index (κ2) is 5.31. The first-order valence-corrected chi connectivity index (χ1v) is 6.80. The molecular weight excluding hydrogens is 306 g/mol. The Labute approximate surface area is 130 Å². The summed E-state index contributed by atoms with van der Waals surface area (Å²) in [5, 5.41) is 7.60. The number of hydrogen-bond acceptors (Lipinski definition) is 4. The lowest BCUT2D eigenvalue weighted by Gasteiger charge is -2.11. The lowest BCUT2D eigenvalue weighted by molar-refractivity contribution is 0.112. The summed E-state index contributed by atoms with van der Waals surface area (Å²) >= 11 is 6.16. The summed E-state index contributed by atoms with van der Waals surface area (Å²) < 4.78 is 6.68.